The summed E-state index contributed by atoms with van der Waals surface area (Å²) in [5, 5.41) is 0. The van der Waals surface area contributed by atoms with Crippen LogP contribution in [0.15, 0.2) is 24.3 Å². The number of hydrogen-bond donors (Lipinski definition) is 0. The molecule has 0 radical (unpaired) electrons. The van der Waals surface area contributed by atoms with Crippen molar-refractivity contribution in [3.8, 4) is 0 Å². The van der Waals surface area contributed by atoms with E-state index >= 15 is 0 Å². The highest BCUT2D eigenvalue weighted by Crippen LogP contribution is 2.17. The summed E-state index contributed by atoms with van der Waals surface area (Å²) in [5.41, 5.74) is 2.11. The van der Waals surface area contributed by atoms with Gasteiger partial charge in [-0.25, -0.2) is 4.98 Å². The molecule has 1 aromatic carbocycles. The summed E-state index contributed by atoms with van der Waals surface area (Å²) in [6.07, 6.45) is 0.556. The molecule has 0 N–H and O–H groups in total. The summed E-state index contributed by atoms with van der Waals surface area (Å²) >= 11 is 0. The molecule has 0 atom stereocenters. The Morgan fingerprint density at radius 2 is 2.06 bits per heavy atom. The predicted molar refractivity (Wildman–Crippen MR) is 72.4 cm³/mol. The lowest BCUT2D eigenvalue weighted by Crippen LogP contribution is -2.16. The van der Waals surface area contributed by atoms with Crippen molar-refractivity contribution >= 4 is 16.8 Å². The molecular formula is C14H19N3O. The Labute approximate surface area is 107 Å². The van der Waals surface area contributed by atoms with Gasteiger partial charge < -0.3 is 9.47 Å². The number of Topliss-reactive ketones (excluding diaryl/α,β-unsaturated/α-hetero) is 1. The van der Waals surface area contributed by atoms with E-state index in [1.807, 2.05) is 32.3 Å². The molecule has 18 heavy (non-hydrogen) atoms. The molecule has 0 aliphatic rings. The number of carbonyl (C=O) groups is 1. The molecule has 0 saturated heterocycles. The Hall–Kier alpha value is -1.68. The summed E-state index contributed by atoms with van der Waals surface area (Å²) in [6.45, 7) is 3.12. The Morgan fingerprint density at radius 1 is 1.33 bits per heavy atom. The lowest BCUT2D eigenvalue weighted by molar-refractivity contribution is -0.117. The smallest absolute Gasteiger partial charge is 0.131 e. The van der Waals surface area contributed by atoms with E-state index < -0.39 is 0 Å². The number of aryl methyl sites for hydroxylation is 1. The van der Waals surface area contributed by atoms with Crippen LogP contribution in [0.4, 0.5) is 0 Å². The van der Waals surface area contributed by atoms with Gasteiger partial charge in [0.15, 0.2) is 0 Å². The predicted octanol–water partition coefficient (Wildman–Crippen LogP) is 2.08. The number of hydrogen-bond acceptors (Lipinski definition) is 3. The van der Waals surface area contributed by atoms with Crippen LogP contribution in [0.5, 0.6) is 0 Å². The zero-order valence-electron chi connectivity index (χ0n) is 11.2. The van der Waals surface area contributed by atoms with Crippen molar-refractivity contribution in [3.05, 3.63) is 30.1 Å². The third-order valence-corrected chi connectivity index (χ3v) is 2.88. The summed E-state index contributed by atoms with van der Waals surface area (Å²) in [6, 6.07) is 8.07. The maximum Gasteiger partial charge on any atom is 0.131 e. The van der Waals surface area contributed by atoms with Crippen LogP contribution < -0.4 is 0 Å². The van der Waals surface area contributed by atoms with Crippen LogP contribution in [-0.2, 0) is 17.9 Å². The highest BCUT2D eigenvalue weighted by atomic mass is 16.1. The zero-order valence-corrected chi connectivity index (χ0v) is 11.2. The van der Waals surface area contributed by atoms with Gasteiger partial charge in [0, 0.05) is 13.0 Å². The molecule has 2 aromatic rings. The molecule has 0 aliphatic carbocycles. The maximum absolute atomic E-state index is 11.2. The Morgan fingerprint density at radius 3 is 2.72 bits per heavy atom. The molecule has 4 heteroatoms. The van der Waals surface area contributed by atoms with Gasteiger partial charge in [-0.3, -0.25) is 4.79 Å². The van der Waals surface area contributed by atoms with Crippen molar-refractivity contribution < 1.29 is 4.79 Å². The van der Waals surface area contributed by atoms with Crippen LogP contribution in [0.1, 0.15) is 19.2 Å². The molecule has 1 heterocycles. The van der Waals surface area contributed by atoms with Crippen molar-refractivity contribution in [1.29, 1.82) is 0 Å². The number of nitrogens with zero attached hydrogens (tertiary/aromatic N) is 3. The van der Waals surface area contributed by atoms with Crippen molar-refractivity contribution in [3.63, 3.8) is 0 Å². The number of rotatable bonds is 5. The first kappa shape index (κ1) is 12.8. The maximum atomic E-state index is 11.2. The molecule has 96 valence electrons. The van der Waals surface area contributed by atoms with Gasteiger partial charge >= 0.3 is 0 Å². The largest absolute Gasteiger partial charge is 0.326 e. The molecule has 0 saturated carbocycles. The summed E-state index contributed by atoms with van der Waals surface area (Å²) < 4.78 is 2.15. The standard InChI is InChI=1S/C14H19N3O/c1-11(18)8-9-17-13-7-5-4-6-12(13)15-14(17)10-16(2)3/h4-7H,8-10H2,1-3H3. The number of imidazole rings is 1. The molecule has 0 amide bonds. The first-order chi connectivity index (χ1) is 8.58. The SMILES string of the molecule is CC(=O)CCn1c(CN(C)C)nc2ccccc21. The normalized spacial score (nSPS) is 11.3. The van der Waals surface area contributed by atoms with E-state index in [2.05, 4.69) is 20.5 Å². The van der Waals surface area contributed by atoms with Crippen molar-refractivity contribution in [2.75, 3.05) is 14.1 Å². The molecule has 0 fully saturated rings. The molecule has 0 spiro atoms. The number of carbonyl (C=O) groups excluding carboxylic acids is 1. The van der Waals surface area contributed by atoms with Crippen molar-refractivity contribution in [2.24, 2.45) is 0 Å². The molecule has 0 aliphatic heterocycles. The minimum atomic E-state index is 0.212. The minimum Gasteiger partial charge on any atom is -0.326 e. The summed E-state index contributed by atoms with van der Waals surface area (Å²) in [4.78, 5) is 17.9. The van der Waals surface area contributed by atoms with Crippen LogP contribution in [0.2, 0.25) is 0 Å². The summed E-state index contributed by atoms with van der Waals surface area (Å²) in [7, 11) is 4.04. The number of fused-ring (bicyclic) bond motifs is 1. The van der Waals surface area contributed by atoms with Crippen LogP contribution in [-0.4, -0.2) is 34.3 Å². The second kappa shape index (κ2) is 5.31. The topological polar surface area (TPSA) is 38.1 Å². The molecule has 1 aromatic heterocycles. The lowest BCUT2D eigenvalue weighted by Gasteiger charge is -2.12. The number of benzene rings is 1. The van der Waals surface area contributed by atoms with Crippen molar-refractivity contribution in [1.82, 2.24) is 14.5 Å². The van der Waals surface area contributed by atoms with Crippen LogP contribution in [0.3, 0.4) is 0 Å². The molecule has 4 nitrogen and oxygen atoms in total. The Balaban J connectivity index is 2.40. The number of aromatic nitrogens is 2. The quantitative estimate of drug-likeness (QED) is 0.809. The third-order valence-electron chi connectivity index (χ3n) is 2.88. The highest BCUT2D eigenvalue weighted by molar-refractivity contribution is 5.77. The average molecular weight is 245 g/mol. The van der Waals surface area contributed by atoms with E-state index in [0.717, 1.165) is 23.4 Å². The molecule has 2 rings (SSSR count). The lowest BCUT2D eigenvalue weighted by atomic mass is 10.3. The summed E-state index contributed by atoms with van der Waals surface area (Å²) in [5.74, 6) is 1.23. The first-order valence-electron chi connectivity index (χ1n) is 6.16. The number of para-hydroxylation sites is 2. The van der Waals surface area contributed by atoms with Gasteiger partial charge in [-0.15, -0.1) is 0 Å². The molecular weight excluding hydrogens is 226 g/mol. The number of ketones is 1. The van der Waals surface area contributed by atoms with Crippen LogP contribution in [0, 0.1) is 0 Å². The van der Waals surface area contributed by atoms with Gasteiger partial charge in [0.05, 0.1) is 17.6 Å². The van der Waals surface area contributed by atoms with E-state index in [1.165, 1.54) is 0 Å². The van der Waals surface area contributed by atoms with Crippen LogP contribution >= 0.6 is 0 Å². The molecule has 0 bridgehead atoms. The van der Waals surface area contributed by atoms with Crippen LogP contribution in [0.25, 0.3) is 11.0 Å². The van der Waals surface area contributed by atoms with E-state index in [1.54, 1.807) is 6.92 Å². The van der Waals surface area contributed by atoms with Gasteiger partial charge in [-0.1, -0.05) is 12.1 Å². The molecule has 0 unspecified atom stereocenters. The fourth-order valence-corrected chi connectivity index (χ4v) is 2.05. The van der Waals surface area contributed by atoms with Gasteiger partial charge in [0.25, 0.3) is 0 Å². The fraction of sp³-hybridized carbons (Fsp3) is 0.429. The monoisotopic (exact) mass is 245 g/mol. The van der Waals surface area contributed by atoms with Crippen molar-refractivity contribution in [2.45, 2.75) is 26.4 Å². The first-order valence-corrected chi connectivity index (χ1v) is 6.16. The second-order valence-electron chi connectivity index (χ2n) is 4.86. The van der Waals surface area contributed by atoms with E-state index in [-0.39, 0.29) is 5.78 Å². The van der Waals surface area contributed by atoms with E-state index in [0.29, 0.717) is 13.0 Å². The Bertz CT molecular complexity index is 557. The third kappa shape index (κ3) is 2.76. The minimum absolute atomic E-state index is 0.212. The van der Waals surface area contributed by atoms with Gasteiger partial charge in [-0.05, 0) is 33.2 Å². The van der Waals surface area contributed by atoms with E-state index in [9.17, 15) is 4.79 Å². The van der Waals surface area contributed by atoms with E-state index in [4.69, 9.17) is 0 Å². The van der Waals surface area contributed by atoms with Gasteiger partial charge in [0.1, 0.15) is 11.6 Å². The van der Waals surface area contributed by atoms with Gasteiger partial charge in [0.2, 0.25) is 0 Å². The van der Waals surface area contributed by atoms with Gasteiger partial charge in [-0.2, -0.15) is 0 Å². The fourth-order valence-electron chi connectivity index (χ4n) is 2.05. The second-order valence-corrected chi connectivity index (χ2v) is 4.86. The Kier molecular flexibility index (Phi) is 3.77. The zero-order chi connectivity index (χ0) is 13.1. The highest BCUT2D eigenvalue weighted by Gasteiger charge is 2.11. The average Bonchev–Trinajstić information content (AvgIpc) is 2.62.